The quantitative estimate of drug-likeness (QED) is 0.674. The van der Waals surface area contributed by atoms with E-state index in [2.05, 4.69) is 15.6 Å². The molecule has 0 spiro atoms. The van der Waals surface area contributed by atoms with Crippen molar-refractivity contribution in [1.82, 2.24) is 15.6 Å². The average molecular weight is 424 g/mol. The van der Waals surface area contributed by atoms with Crippen molar-refractivity contribution in [3.05, 3.63) is 63.9 Å². The second kappa shape index (κ2) is 15.0. The number of rotatable bonds is 6. The summed E-state index contributed by atoms with van der Waals surface area (Å²) in [5, 5.41) is 6.71. The molecule has 0 aliphatic heterocycles. The van der Waals surface area contributed by atoms with E-state index in [1.165, 1.54) is 18.4 Å². The van der Waals surface area contributed by atoms with E-state index in [9.17, 15) is 9.59 Å². The van der Waals surface area contributed by atoms with Gasteiger partial charge in [-0.15, -0.1) is 0 Å². The Morgan fingerprint density at radius 3 is 2.21 bits per heavy atom. The van der Waals surface area contributed by atoms with Crippen LogP contribution in [-0.2, 0) is 22.7 Å². The normalized spacial score (nSPS) is 12.8. The number of carbonyl (C=O) groups excluding carboxylic acids is 2. The lowest BCUT2D eigenvalue weighted by atomic mass is 10.1. The Morgan fingerprint density at radius 2 is 1.75 bits per heavy atom. The molecule has 28 heavy (non-hydrogen) atoms. The summed E-state index contributed by atoms with van der Waals surface area (Å²) >= 11 is 11.5. The number of halogens is 2. The SMILES string of the molecule is CNCc1cccnc1.O=CC1CCCC1.O=CNCc1cc(Cl)cc(Cl)c1. The van der Waals surface area contributed by atoms with Crippen LogP contribution < -0.4 is 10.6 Å². The topological polar surface area (TPSA) is 71.1 Å². The van der Waals surface area contributed by atoms with Gasteiger partial charge in [0.05, 0.1) is 0 Å². The van der Waals surface area contributed by atoms with Crippen molar-refractivity contribution in [2.24, 2.45) is 5.92 Å². The summed E-state index contributed by atoms with van der Waals surface area (Å²) in [5.41, 5.74) is 2.11. The van der Waals surface area contributed by atoms with Gasteiger partial charge in [-0.2, -0.15) is 0 Å². The highest BCUT2D eigenvalue weighted by Gasteiger charge is 2.12. The van der Waals surface area contributed by atoms with E-state index in [1.54, 1.807) is 24.4 Å². The Morgan fingerprint density at radius 1 is 1.07 bits per heavy atom. The number of nitrogens with zero attached hydrogens (tertiary/aromatic N) is 1. The standard InChI is InChI=1S/C8H7Cl2NO.C7H10N2.C6H10O/c9-7-1-6(4-11-5-12)2-8(10)3-7;1-8-5-7-3-2-4-9-6-7;7-5-6-3-1-2-4-6/h1-3,5H,4H2,(H,11,12);2-4,6,8H,5H2,1H3;5-6H,1-4H2. The number of hydrogen-bond acceptors (Lipinski definition) is 4. The van der Waals surface area contributed by atoms with Crippen LogP contribution in [0.15, 0.2) is 42.7 Å². The van der Waals surface area contributed by atoms with Crippen molar-refractivity contribution in [2.45, 2.75) is 38.8 Å². The first-order valence-corrected chi connectivity index (χ1v) is 9.95. The Bertz CT molecular complexity index is 673. The third kappa shape index (κ3) is 11.0. The van der Waals surface area contributed by atoms with Gasteiger partial charge in [-0.1, -0.05) is 42.1 Å². The maximum absolute atomic E-state index is 10.0. The zero-order valence-electron chi connectivity index (χ0n) is 16.0. The van der Waals surface area contributed by atoms with Crippen molar-refractivity contribution in [3.63, 3.8) is 0 Å². The van der Waals surface area contributed by atoms with Crippen LogP contribution in [0.25, 0.3) is 0 Å². The number of amides is 1. The molecule has 0 bridgehead atoms. The molecule has 1 aromatic heterocycles. The molecule has 1 aliphatic carbocycles. The van der Waals surface area contributed by atoms with Crippen molar-refractivity contribution >= 4 is 35.9 Å². The fourth-order valence-electron chi connectivity index (χ4n) is 2.67. The second-order valence-corrected chi connectivity index (χ2v) is 7.22. The maximum Gasteiger partial charge on any atom is 0.207 e. The molecule has 3 rings (SSSR count). The molecule has 1 amide bonds. The molecule has 0 unspecified atom stereocenters. The zero-order chi connectivity index (χ0) is 20.6. The van der Waals surface area contributed by atoms with Gasteiger partial charge in [0.2, 0.25) is 6.41 Å². The van der Waals surface area contributed by atoms with Gasteiger partial charge in [0.1, 0.15) is 6.29 Å². The summed E-state index contributed by atoms with van der Waals surface area (Å²) in [6.45, 7) is 1.34. The molecule has 0 atom stereocenters. The van der Waals surface area contributed by atoms with Crippen LogP contribution in [0.5, 0.6) is 0 Å². The van der Waals surface area contributed by atoms with Crippen molar-refractivity contribution in [3.8, 4) is 0 Å². The van der Waals surface area contributed by atoms with Gasteiger partial charge in [-0.3, -0.25) is 9.78 Å². The van der Waals surface area contributed by atoms with Crippen LogP contribution in [0.1, 0.15) is 36.8 Å². The summed E-state index contributed by atoms with van der Waals surface area (Å²) < 4.78 is 0. The largest absolute Gasteiger partial charge is 0.355 e. The van der Waals surface area contributed by atoms with Gasteiger partial charge in [-0.25, -0.2) is 0 Å². The molecule has 1 heterocycles. The predicted octanol–water partition coefficient (Wildman–Crippen LogP) is 4.42. The fraction of sp³-hybridized carbons (Fsp3) is 0.381. The van der Waals surface area contributed by atoms with E-state index < -0.39 is 0 Å². The predicted molar refractivity (Wildman–Crippen MR) is 114 cm³/mol. The van der Waals surface area contributed by atoms with Gasteiger partial charge in [-0.05, 0) is 55.3 Å². The molecule has 1 fully saturated rings. The highest BCUT2D eigenvalue weighted by atomic mass is 35.5. The van der Waals surface area contributed by atoms with E-state index in [1.807, 2.05) is 25.4 Å². The molecule has 1 aliphatic rings. The Kier molecular flexibility index (Phi) is 12.9. The van der Waals surface area contributed by atoms with E-state index in [0.29, 0.717) is 28.9 Å². The molecule has 2 aromatic rings. The first kappa shape index (κ1) is 24.1. The van der Waals surface area contributed by atoms with Crippen LogP contribution >= 0.6 is 23.2 Å². The Balaban J connectivity index is 0.000000218. The molecule has 1 aromatic carbocycles. The molecular weight excluding hydrogens is 397 g/mol. The van der Waals surface area contributed by atoms with Crippen LogP contribution in [0, 0.1) is 5.92 Å². The molecule has 0 radical (unpaired) electrons. The van der Waals surface area contributed by atoms with E-state index in [4.69, 9.17) is 23.2 Å². The van der Waals surface area contributed by atoms with Gasteiger partial charge in [0.15, 0.2) is 0 Å². The van der Waals surface area contributed by atoms with Crippen LogP contribution in [0.3, 0.4) is 0 Å². The third-order valence-corrected chi connectivity index (χ3v) is 4.44. The number of pyridine rings is 1. The number of aromatic nitrogens is 1. The lowest BCUT2D eigenvalue weighted by molar-refractivity contribution is -0.111. The first-order chi connectivity index (χ1) is 13.6. The molecule has 1 saturated carbocycles. The van der Waals surface area contributed by atoms with Gasteiger partial charge in [0.25, 0.3) is 0 Å². The van der Waals surface area contributed by atoms with E-state index >= 15 is 0 Å². The number of aldehydes is 1. The number of carbonyl (C=O) groups is 2. The van der Waals surface area contributed by atoms with Crippen LogP contribution in [0.4, 0.5) is 0 Å². The summed E-state index contributed by atoms with van der Waals surface area (Å²) in [4.78, 5) is 23.9. The van der Waals surface area contributed by atoms with E-state index in [0.717, 1.165) is 31.2 Å². The maximum atomic E-state index is 10.0. The molecular formula is C21H27Cl2N3O2. The smallest absolute Gasteiger partial charge is 0.207 e. The highest BCUT2D eigenvalue weighted by molar-refractivity contribution is 6.34. The van der Waals surface area contributed by atoms with Crippen molar-refractivity contribution in [1.29, 1.82) is 0 Å². The molecule has 0 saturated heterocycles. The molecule has 152 valence electrons. The van der Waals surface area contributed by atoms with Gasteiger partial charge < -0.3 is 15.4 Å². The van der Waals surface area contributed by atoms with Crippen molar-refractivity contribution in [2.75, 3.05) is 7.05 Å². The number of nitrogens with one attached hydrogen (secondary N) is 2. The highest BCUT2D eigenvalue weighted by Crippen LogP contribution is 2.22. The zero-order valence-corrected chi connectivity index (χ0v) is 17.5. The fourth-order valence-corrected chi connectivity index (χ4v) is 3.24. The number of hydrogen-bond donors (Lipinski definition) is 2. The summed E-state index contributed by atoms with van der Waals surface area (Å²) in [7, 11) is 1.92. The lowest BCUT2D eigenvalue weighted by Gasteiger charge is -2.00. The molecule has 2 N–H and O–H groups in total. The monoisotopic (exact) mass is 423 g/mol. The Hall–Kier alpha value is -1.95. The van der Waals surface area contributed by atoms with Gasteiger partial charge in [0, 0.05) is 41.4 Å². The lowest BCUT2D eigenvalue weighted by Crippen LogP contribution is -2.09. The number of benzene rings is 1. The third-order valence-electron chi connectivity index (χ3n) is 4.01. The second-order valence-electron chi connectivity index (χ2n) is 6.35. The van der Waals surface area contributed by atoms with Crippen LogP contribution in [-0.4, -0.2) is 24.7 Å². The molecule has 7 heteroatoms. The Labute approximate surface area is 176 Å². The summed E-state index contributed by atoms with van der Waals surface area (Å²) in [6.07, 6.45) is 10.2. The summed E-state index contributed by atoms with van der Waals surface area (Å²) in [6, 6.07) is 9.14. The minimum Gasteiger partial charge on any atom is -0.355 e. The molecule has 5 nitrogen and oxygen atoms in total. The van der Waals surface area contributed by atoms with Crippen molar-refractivity contribution < 1.29 is 9.59 Å². The minimum atomic E-state index is 0.417. The summed E-state index contributed by atoms with van der Waals surface area (Å²) in [5.74, 6) is 0.417. The minimum absolute atomic E-state index is 0.417. The first-order valence-electron chi connectivity index (χ1n) is 9.19. The van der Waals surface area contributed by atoms with Gasteiger partial charge >= 0.3 is 0 Å². The van der Waals surface area contributed by atoms with E-state index in [-0.39, 0.29) is 0 Å². The average Bonchev–Trinajstić information content (AvgIpc) is 3.22. The van der Waals surface area contributed by atoms with Crippen LogP contribution in [0.2, 0.25) is 10.0 Å².